The monoisotopic (exact) mass is 392 g/mol. The number of likely N-dealkylation sites (N-methyl/N-ethyl adjacent to an activating group) is 1. The van der Waals surface area contributed by atoms with Crippen LogP contribution < -0.4 is 10.9 Å². The molecule has 2 aromatic rings. The molecule has 1 N–H and O–H groups in total. The summed E-state index contributed by atoms with van der Waals surface area (Å²) < 4.78 is 1.34. The van der Waals surface area contributed by atoms with E-state index in [1.165, 1.54) is 23.2 Å². The first kappa shape index (κ1) is 22.9. The zero-order valence-corrected chi connectivity index (χ0v) is 17.3. The lowest BCUT2D eigenvalue weighted by Crippen LogP contribution is -2.34. The number of benzene rings is 1. The Morgan fingerprint density at radius 1 is 1.30 bits per heavy atom. The molecule has 7 heteroatoms. The molecule has 2 rings (SSSR count). The van der Waals surface area contributed by atoms with Crippen molar-refractivity contribution >= 4 is 35.4 Å². The number of nitrogens with one attached hydrogen (secondary N) is 1. The molecule has 0 aliphatic rings. The molecule has 0 radical (unpaired) electrons. The first-order valence-electron chi connectivity index (χ1n) is 9.15. The number of hydrogen-bond acceptors (Lipinski definition) is 4. The van der Waals surface area contributed by atoms with E-state index in [0.717, 1.165) is 25.2 Å². The summed E-state index contributed by atoms with van der Waals surface area (Å²) >= 11 is 0. The normalized spacial score (nSPS) is 11.3. The summed E-state index contributed by atoms with van der Waals surface area (Å²) in [6.07, 6.45) is 4.27. The summed E-state index contributed by atoms with van der Waals surface area (Å²) in [5.41, 5.74) is 1.57. The largest absolute Gasteiger partial charge is 0.351 e. The first-order valence-corrected chi connectivity index (χ1v) is 9.15. The molecule has 0 atom stereocenters. The molecular weight excluding hydrogens is 364 g/mol. The molecule has 148 valence electrons. The van der Waals surface area contributed by atoms with E-state index in [4.69, 9.17) is 0 Å². The van der Waals surface area contributed by atoms with Crippen molar-refractivity contribution in [3.63, 3.8) is 0 Å². The second kappa shape index (κ2) is 10.8. The van der Waals surface area contributed by atoms with Gasteiger partial charge in [0, 0.05) is 25.4 Å². The second-order valence-corrected chi connectivity index (χ2v) is 6.52. The highest BCUT2D eigenvalue weighted by Crippen LogP contribution is 2.17. The second-order valence-electron chi connectivity index (χ2n) is 6.52. The van der Waals surface area contributed by atoms with Crippen LogP contribution in [0.1, 0.15) is 39.2 Å². The van der Waals surface area contributed by atoms with Gasteiger partial charge in [0.05, 0.1) is 10.9 Å². The average Bonchev–Trinajstić information content (AvgIpc) is 2.64. The molecule has 1 aromatic carbocycles. The molecule has 0 aliphatic heterocycles. The van der Waals surface area contributed by atoms with Gasteiger partial charge in [0.2, 0.25) is 5.91 Å². The third-order valence-electron chi connectivity index (χ3n) is 4.48. The van der Waals surface area contributed by atoms with Crippen LogP contribution in [0.4, 0.5) is 0 Å². The van der Waals surface area contributed by atoms with E-state index in [9.17, 15) is 9.59 Å². The average molecular weight is 393 g/mol. The molecular formula is C20H29ClN4O2. The van der Waals surface area contributed by atoms with E-state index >= 15 is 0 Å². The van der Waals surface area contributed by atoms with Crippen LogP contribution in [0.25, 0.3) is 17.1 Å². The SMILES string of the molecule is CCN(CC)CCNC(=O)C=Cn1cnc2ccc(C(C)C)cc2c1=O.Cl. The molecule has 1 amide bonds. The predicted molar refractivity (Wildman–Crippen MR) is 113 cm³/mol. The zero-order valence-electron chi connectivity index (χ0n) is 16.4. The molecule has 1 heterocycles. The van der Waals surface area contributed by atoms with E-state index < -0.39 is 0 Å². The Labute approximate surface area is 166 Å². The Morgan fingerprint density at radius 3 is 2.63 bits per heavy atom. The van der Waals surface area contributed by atoms with E-state index in [0.29, 0.717) is 23.4 Å². The van der Waals surface area contributed by atoms with Crippen molar-refractivity contribution in [1.29, 1.82) is 0 Å². The first-order chi connectivity index (χ1) is 12.5. The van der Waals surface area contributed by atoms with E-state index in [-0.39, 0.29) is 23.9 Å². The molecule has 0 fully saturated rings. The quantitative estimate of drug-likeness (QED) is 0.701. The van der Waals surface area contributed by atoms with E-state index in [1.54, 1.807) is 0 Å². The molecule has 0 saturated heterocycles. The smallest absolute Gasteiger partial charge is 0.265 e. The highest BCUT2D eigenvalue weighted by Gasteiger charge is 2.06. The van der Waals surface area contributed by atoms with Crippen molar-refractivity contribution in [1.82, 2.24) is 19.8 Å². The van der Waals surface area contributed by atoms with Crippen LogP contribution in [0, 0.1) is 0 Å². The third kappa shape index (κ3) is 6.19. The lowest BCUT2D eigenvalue weighted by Gasteiger charge is -2.17. The number of carbonyl (C=O) groups is 1. The number of carbonyl (C=O) groups excluding carboxylic acids is 1. The van der Waals surface area contributed by atoms with Gasteiger partial charge in [-0.15, -0.1) is 12.4 Å². The van der Waals surface area contributed by atoms with Gasteiger partial charge in [-0.05, 0) is 36.7 Å². The van der Waals surface area contributed by atoms with Crippen molar-refractivity contribution in [3.05, 3.63) is 46.5 Å². The molecule has 0 saturated carbocycles. The number of rotatable bonds is 8. The summed E-state index contributed by atoms with van der Waals surface area (Å²) in [7, 11) is 0. The Balaban J connectivity index is 0.00000364. The lowest BCUT2D eigenvalue weighted by molar-refractivity contribution is -0.116. The molecule has 1 aromatic heterocycles. The summed E-state index contributed by atoms with van der Waals surface area (Å²) in [5, 5.41) is 3.39. The minimum absolute atomic E-state index is 0. The Kier molecular flexibility index (Phi) is 9.18. The van der Waals surface area contributed by atoms with Gasteiger partial charge in [-0.1, -0.05) is 33.8 Å². The van der Waals surface area contributed by atoms with E-state index in [1.807, 2.05) is 18.2 Å². The summed E-state index contributed by atoms with van der Waals surface area (Å²) in [5.74, 6) is 0.111. The minimum Gasteiger partial charge on any atom is -0.351 e. The van der Waals surface area contributed by atoms with Crippen molar-refractivity contribution in [2.45, 2.75) is 33.6 Å². The summed E-state index contributed by atoms with van der Waals surface area (Å²) in [6, 6.07) is 5.73. The highest BCUT2D eigenvalue weighted by molar-refractivity contribution is 5.90. The van der Waals surface area contributed by atoms with Gasteiger partial charge in [-0.25, -0.2) is 4.98 Å². The predicted octanol–water partition coefficient (Wildman–Crippen LogP) is 2.87. The molecule has 0 bridgehead atoms. The van der Waals surface area contributed by atoms with Gasteiger partial charge in [-0.2, -0.15) is 0 Å². The lowest BCUT2D eigenvalue weighted by atomic mass is 10.0. The number of hydrogen-bond donors (Lipinski definition) is 1. The molecule has 27 heavy (non-hydrogen) atoms. The number of halogens is 1. The number of fused-ring (bicyclic) bond motifs is 1. The number of nitrogens with zero attached hydrogens (tertiary/aromatic N) is 3. The molecule has 0 spiro atoms. The van der Waals surface area contributed by atoms with Crippen LogP contribution in [0.5, 0.6) is 0 Å². The van der Waals surface area contributed by atoms with Crippen LogP contribution in [-0.2, 0) is 4.79 Å². The van der Waals surface area contributed by atoms with Crippen LogP contribution in [0.3, 0.4) is 0 Å². The van der Waals surface area contributed by atoms with Gasteiger partial charge in [0.15, 0.2) is 0 Å². The topological polar surface area (TPSA) is 67.2 Å². The van der Waals surface area contributed by atoms with Crippen molar-refractivity contribution < 1.29 is 4.79 Å². The van der Waals surface area contributed by atoms with Crippen LogP contribution >= 0.6 is 12.4 Å². The Hall–Kier alpha value is -2.18. The fourth-order valence-electron chi connectivity index (χ4n) is 2.70. The highest BCUT2D eigenvalue weighted by atomic mass is 35.5. The maximum absolute atomic E-state index is 12.6. The van der Waals surface area contributed by atoms with Gasteiger partial charge in [0.1, 0.15) is 6.33 Å². The van der Waals surface area contributed by atoms with Gasteiger partial charge in [0.25, 0.3) is 5.56 Å². The van der Waals surface area contributed by atoms with Crippen LogP contribution in [0.15, 0.2) is 35.4 Å². The van der Waals surface area contributed by atoms with Crippen molar-refractivity contribution in [2.24, 2.45) is 0 Å². The van der Waals surface area contributed by atoms with E-state index in [2.05, 4.69) is 42.9 Å². The van der Waals surface area contributed by atoms with Crippen molar-refractivity contribution in [3.8, 4) is 0 Å². The summed E-state index contributed by atoms with van der Waals surface area (Å²) in [4.78, 5) is 31.1. The fourth-order valence-corrected chi connectivity index (χ4v) is 2.70. The summed E-state index contributed by atoms with van der Waals surface area (Å²) in [6.45, 7) is 11.6. The minimum atomic E-state index is -0.222. The van der Waals surface area contributed by atoms with Gasteiger partial charge < -0.3 is 10.2 Å². The third-order valence-corrected chi connectivity index (χ3v) is 4.48. The molecule has 0 unspecified atom stereocenters. The Bertz CT molecular complexity index is 841. The standard InChI is InChI=1S/C20H28N4O2.ClH/c1-5-23(6-2)12-10-21-19(25)9-11-24-14-22-18-8-7-16(15(3)4)13-17(18)20(24)26;/h7-9,11,13-15H,5-6,10,12H2,1-4H3,(H,21,25);1H. The zero-order chi connectivity index (χ0) is 19.1. The number of amides is 1. The van der Waals surface area contributed by atoms with Gasteiger partial charge >= 0.3 is 0 Å². The Morgan fingerprint density at radius 2 is 2.00 bits per heavy atom. The van der Waals surface area contributed by atoms with Crippen LogP contribution in [-0.4, -0.2) is 46.5 Å². The maximum atomic E-state index is 12.6. The van der Waals surface area contributed by atoms with Crippen molar-refractivity contribution in [2.75, 3.05) is 26.2 Å². The van der Waals surface area contributed by atoms with Gasteiger partial charge in [-0.3, -0.25) is 14.2 Å². The fraction of sp³-hybridized carbons (Fsp3) is 0.450. The molecule has 6 nitrogen and oxygen atoms in total. The number of aromatic nitrogens is 2. The van der Waals surface area contributed by atoms with Crippen LogP contribution in [0.2, 0.25) is 0 Å². The molecule has 0 aliphatic carbocycles. The maximum Gasteiger partial charge on any atom is 0.265 e.